The number of benzene rings is 1. The first-order valence-electron chi connectivity index (χ1n) is 5.72. The maximum atomic E-state index is 5.74. The molecule has 0 saturated heterocycles. The molecule has 1 aliphatic rings. The van der Waals surface area contributed by atoms with Crippen molar-refractivity contribution in [3.8, 4) is 11.5 Å². The Morgan fingerprint density at radius 3 is 2.75 bits per heavy atom. The van der Waals surface area contributed by atoms with E-state index in [1.807, 2.05) is 6.07 Å². The molecule has 0 saturated carbocycles. The van der Waals surface area contributed by atoms with Gasteiger partial charge in [-0.2, -0.15) is 0 Å². The molecule has 3 heteroatoms. The van der Waals surface area contributed by atoms with E-state index in [-0.39, 0.29) is 0 Å². The number of fused-ring (bicyclic) bond motifs is 1. The Balaban J connectivity index is 2.38. The smallest absolute Gasteiger partial charge is 0.126 e. The Kier molecular flexibility index (Phi) is 3.34. The van der Waals surface area contributed by atoms with E-state index in [1.54, 1.807) is 14.2 Å². The molecule has 0 heterocycles. The summed E-state index contributed by atoms with van der Waals surface area (Å²) in [6, 6.07) is 4.07. The zero-order valence-electron chi connectivity index (χ0n) is 9.95. The summed E-state index contributed by atoms with van der Waals surface area (Å²) in [4.78, 5) is 0. The number of ether oxygens (including phenoxy) is 2. The predicted octanol–water partition coefficient (Wildman–Crippen LogP) is 1.77. The van der Waals surface area contributed by atoms with Gasteiger partial charge >= 0.3 is 0 Å². The van der Waals surface area contributed by atoms with Crippen molar-refractivity contribution in [2.75, 3.05) is 20.8 Å². The molecule has 0 amide bonds. The van der Waals surface area contributed by atoms with E-state index in [0.29, 0.717) is 5.92 Å². The highest BCUT2D eigenvalue weighted by Gasteiger charge is 2.21. The summed E-state index contributed by atoms with van der Waals surface area (Å²) in [5, 5.41) is 0. The van der Waals surface area contributed by atoms with Crippen LogP contribution in [0.1, 0.15) is 17.5 Å². The lowest BCUT2D eigenvalue weighted by molar-refractivity contribution is 0.378. The highest BCUT2D eigenvalue weighted by molar-refractivity contribution is 5.48. The molecule has 1 unspecified atom stereocenters. The number of hydrogen-bond donors (Lipinski definition) is 1. The van der Waals surface area contributed by atoms with Gasteiger partial charge in [0.15, 0.2) is 0 Å². The highest BCUT2D eigenvalue weighted by atomic mass is 16.5. The first-order valence-corrected chi connectivity index (χ1v) is 5.72. The lowest BCUT2D eigenvalue weighted by Gasteiger charge is -2.25. The van der Waals surface area contributed by atoms with Crippen LogP contribution in [0.2, 0.25) is 0 Å². The van der Waals surface area contributed by atoms with Crippen LogP contribution in [0.25, 0.3) is 0 Å². The number of aryl methyl sites for hydroxylation is 1. The minimum absolute atomic E-state index is 0.592. The third-order valence-electron chi connectivity index (χ3n) is 3.38. The molecule has 0 bridgehead atoms. The summed E-state index contributed by atoms with van der Waals surface area (Å²) >= 11 is 0. The van der Waals surface area contributed by atoms with Crippen LogP contribution in [0, 0.1) is 5.92 Å². The normalized spacial score (nSPS) is 19.1. The lowest BCUT2D eigenvalue weighted by Crippen LogP contribution is -2.22. The van der Waals surface area contributed by atoms with Crippen LogP contribution < -0.4 is 15.2 Å². The molecular formula is C13H19NO2. The van der Waals surface area contributed by atoms with Gasteiger partial charge in [0, 0.05) is 6.07 Å². The number of methoxy groups -OCH3 is 2. The van der Waals surface area contributed by atoms with Crippen molar-refractivity contribution in [2.24, 2.45) is 11.7 Å². The summed E-state index contributed by atoms with van der Waals surface area (Å²) in [5.74, 6) is 2.41. The molecule has 16 heavy (non-hydrogen) atoms. The lowest BCUT2D eigenvalue weighted by atomic mass is 9.83. The van der Waals surface area contributed by atoms with E-state index in [9.17, 15) is 0 Å². The molecule has 1 aromatic rings. The molecule has 0 fully saturated rings. The Bertz CT molecular complexity index is 359. The predicted molar refractivity (Wildman–Crippen MR) is 64.1 cm³/mol. The second-order valence-electron chi connectivity index (χ2n) is 4.31. The molecule has 1 aliphatic carbocycles. The highest BCUT2D eigenvalue weighted by Crippen LogP contribution is 2.35. The van der Waals surface area contributed by atoms with Crippen molar-refractivity contribution in [3.05, 3.63) is 23.3 Å². The van der Waals surface area contributed by atoms with Crippen molar-refractivity contribution in [1.29, 1.82) is 0 Å². The maximum Gasteiger partial charge on any atom is 0.126 e. The van der Waals surface area contributed by atoms with Gasteiger partial charge in [0.2, 0.25) is 0 Å². The fourth-order valence-electron chi connectivity index (χ4n) is 2.38. The van der Waals surface area contributed by atoms with Gasteiger partial charge in [0.1, 0.15) is 11.5 Å². The summed E-state index contributed by atoms with van der Waals surface area (Å²) in [6.45, 7) is 0.759. The van der Waals surface area contributed by atoms with Crippen LogP contribution in [0.4, 0.5) is 0 Å². The van der Waals surface area contributed by atoms with Crippen molar-refractivity contribution in [1.82, 2.24) is 0 Å². The van der Waals surface area contributed by atoms with Crippen molar-refractivity contribution in [2.45, 2.75) is 19.3 Å². The average molecular weight is 221 g/mol. The maximum absolute atomic E-state index is 5.74. The van der Waals surface area contributed by atoms with Crippen LogP contribution in [0.15, 0.2) is 12.1 Å². The molecule has 3 nitrogen and oxygen atoms in total. The number of rotatable bonds is 3. The van der Waals surface area contributed by atoms with Crippen molar-refractivity contribution >= 4 is 0 Å². The van der Waals surface area contributed by atoms with E-state index >= 15 is 0 Å². The van der Waals surface area contributed by atoms with Gasteiger partial charge in [-0.15, -0.1) is 0 Å². The van der Waals surface area contributed by atoms with Gasteiger partial charge in [-0.3, -0.25) is 0 Å². The molecule has 0 aliphatic heterocycles. The second-order valence-corrected chi connectivity index (χ2v) is 4.31. The van der Waals surface area contributed by atoms with Gasteiger partial charge in [0.25, 0.3) is 0 Å². The fraction of sp³-hybridized carbons (Fsp3) is 0.538. The van der Waals surface area contributed by atoms with Crippen LogP contribution in [-0.2, 0) is 12.8 Å². The Morgan fingerprint density at radius 2 is 2.12 bits per heavy atom. The fourth-order valence-corrected chi connectivity index (χ4v) is 2.38. The Morgan fingerprint density at radius 1 is 1.31 bits per heavy atom. The number of nitrogens with two attached hydrogens (primary N) is 1. The molecule has 0 radical (unpaired) electrons. The van der Waals surface area contributed by atoms with Crippen LogP contribution in [0.3, 0.4) is 0 Å². The molecule has 88 valence electrons. The first-order chi connectivity index (χ1) is 7.78. The summed E-state index contributed by atoms with van der Waals surface area (Å²) in [6.07, 6.45) is 3.27. The van der Waals surface area contributed by atoms with Gasteiger partial charge < -0.3 is 15.2 Å². The van der Waals surface area contributed by atoms with E-state index in [0.717, 1.165) is 30.9 Å². The van der Waals surface area contributed by atoms with Gasteiger partial charge in [-0.05, 0) is 48.9 Å². The summed E-state index contributed by atoms with van der Waals surface area (Å²) < 4.78 is 10.7. The molecule has 0 aromatic heterocycles. The van der Waals surface area contributed by atoms with E-state index < -0.39 is 0 Å². The Labute approximate surface area is 96.5 Å². The summed E-state index contributed by atoms with van der Waals surface area (Å²) in [5.41, 5.74) is 8.40. The van der Waals surface area contributed by atoms with E-state index in [1.165, 1.54) is 17.5 Å². The third-order valence-corrected chi connectivity index (χ3v) is 3.38. The molecule has 0 spiro atoms. The van der Waals surface area contributed by atoms with Gasteiger partial charge in [-0.1, -0.05) is 0 Å². The first kappa shape index (κ1) is 11.3. The van der Waals surface area contributed by atoms with Crippen molar-refractivity contribution in [3.63, 3.8) is 0 Å². The molecular weight excluding hydrogens is 202 g/mol. The SMILES string of the molecule is COc1cc2c(c(OC)c1)CC(CN)CC2. The minimum atomic E-state index is 0.592. The second kappa shape index (κ2) is 4.74. The zero-order chi connectivity index (χ0) is 11.5. The quantitative estimate of drug-likeness (QED) is 0.846. The molecule has 2 N–H and O–H groups in total. The average Bonchev–Trinajstić information content (AvgIpc) is 2.36. The molecule has 1 atom stereocenters. The summed E-state index contributed by atoms with van der Waals surface area (Å²) in [7, 11) is 3.40. The monoisotopic (exact) mass is 221 g/mol. The van der Waals surface area contributed by atoms with Crippen LogP contribution >= 0.6 is 0 Å². The zero-order valence-corrected chi connectivity index (χ0v) is 9.95. The minimum Gasteiger partial charge on any atom is -0.497 e. The van der Waals surface area contributed by atoms with Crippen LogP contribution in [-0.4, -0.2) is 20.8 Å². The van der Waals surface area contributed by atoms with Gasteiger partial charge in [0.05, 0.1) is 14.2 Å². The number of hydrogen-bond acceptors (Lipinski definition) is 3. The van der Waals surface area contributed by atoms with Gasteiger partial charge in [-0.25, -0.2) is 0 Å². The molecule has 2 rings (SSSR count). The van der Waals surface area contributed by atoms with E-state index in [4.69, 9.17) is 15.2 Å². The Hall–Kier alpha value is -1.22. The largest absolute Gasteiger partial charge is 0.497 e. The standard InChI is InChI=1S/C13H19NO2/c1-15-11-6-10-4-3-9(8-14)5-12(10)13(7-11)16-2/h6-7,9H,3-5,8,14H2,1-2H3. The van der Waals surface area contributed by atoms with Crippen LogP contribution in [0.5, 0.6) is 11.5 Å². The van der Waals surface area contributed by atoms with E-state index in [2.05, 4.69) is 6.07 Å². The van der Waals surface area contributed by atoms with Crippen molar-refractivity contribution < 1.29 is 9.47 Å². The molecule has 1 aromatic carbocycles. The third kappa shape index (κ3) is 2.00. The topological polar surface area (TPSA) is 44.5 Å².